The highest BCUT2D eigenvalue weighted by Crippen LogP contribution is 2.46. The minimum Gasteiger partial charge on any atom is -0.479 e. The number of fused-ring (bicyclic) bond motifs is 3. The second kappa shape index (κ2) is 6.96. The van der Waals surface area contributed by atoms with Crippen LogP contribution in [0.5, 0.6) is 5.75 Å². The van der Waals surface area contributed by atoms with Crippen molar-refractivity contribution in [1.82, 2.24) is 9.38 Å². The van der Waals surface area contributed by atoms with E-state index < -0.39 is 18.3 Å². The van der Waals surface area contributed by atoms with E-state index in [-0.39, 0.29) is 0 Å². The molecular formula is C21H24N2O4. The van der Waals surface area contributed by atoms with Gasteiger partial charge in [0.1, 0.15) is 12.2 Å². The normalized spacial score (nSPS) is 21.9. The Labute approximate surface area is 158 Å². The van der Waals surface area contributed by atoms with Gasteiger partial charge in [-0.1, -0.05) is 30.3 Å². The molecule has 0 spiro atoms. The molecule has 0 aliphatic carbocycles. The zero-order chi connectivity index (χ0) is 19.1. The first-order valence-electron chi connectivity index (χ1n) is 8.99. The minimum atomic E-state index is -0.847. The monoisotopic (exact) mass is 368 g/mol. The van der Waals surface area contributed by atoms with Crippen LogP contribution in [-0.4, -0.2) is 34.8 Å². The average molecular weight is 368 g/mol. The molecule has 0 radical (unpaired) electrons. The summed E-state index contributed by atoms with van der Waals surface area (Å²) in [4.78, 5) is 4.71. The number of nitrogens with zero attached hydrogens (tertiary/aromatic N) is 2. The first-order valence-corrected chi connectivity index (χ1v) is 8.99. The van der Waals surface area contributed by atoms with Gasteiger partial charge < -0.3 is 23.7 Å². The number of pyridine rings is 1. The van der Waals surface area contributed by atoms with Gasteiger partial charge in [-0.15, -0.1) is 0 Å². The van der Waals surface area contributed by atoms with E-state index in [0.717, 1.165) is 33.7 Å². The fourth-order valence-electron chi connectivity index (χ4n) is 3.83. The van der Waals surface area contributed by atoms with Crippen LogP contribution in [0.25, 0.3) is 5.65 Å². The second-order valence-corrected chi connectivity index (χ2v) is 6.90. The van der Waals surface area contributed by atoms with Crippen LogP contribution in [0.3, 0.4) is 0 Å². The van der Waals surface area contributed by atoms with Gasteiger partial charge in [0.25, 0.3) is 0 Å². The zero-order valence-corrected chi connectivity index (χ0v) is 16.0. The Kier molecular flexibility index (Phi) is 4.63. The summed E-state index contributed by atoms with van der Waals surface area (Å²) in [6.07, 6.45) is 0.0758. The summed E-state index contributed by atoms with van der Waals surface area (Å²) in [5.74, 6) is 0.645. The Hall–Kier alpha value is -2.41. The molecule has 1 N–H and O–H groups in total. The summed E-state index contributed by atoms with van der Waals surface area (Å²) in [7, 11) is 3.26. The molecule has 3 aromatic rings. The highest BCUT2D eigenvalue weighted by Gasteiger charge is 2.41. The molecule has 142 valence electrons. The van der Waals surface area contributed by atoms with E-state index in [1.165, 1.54) is 0 Å². The first kappa shape index (κ1) is 18.0. The van der Waals surface area contributed by atoms with E-state index in [0.29, 0.717) is 12.4 Å². The van der Waals surface area contributed by atoms with Gasteiger partial charge in [0.15, 0.2) is 17.5 Å². The Morgan fingerprint density at radius 3 is 2.59 bits per heavy atom. The third-order valence-electron chi connectivity index (χ3n) is 5.30. The number of methoxy groups -OCH3 is 2. The van der Waals surface area contributed by atoms with Crippen LogP contribution < -0.4 is 4.74 Å². The number of hydrogen-bond donors (Lipinski definition) is 1. The van der Waals surface area contributed by atoms with Crippen LogP contribution in [0.15, 0.2) is 36.5 Å². The van der Waals surface area contributed by atoms with Gasteiger partial charge in [-0.2, -0.15) is 0 Å². The van der Waals surface area contributed by atoms with Gasteiger partial charge >= 0.3 is 0 Å². The highest BCUT2D eigenvalue weighted by molar-refractivity contribution is 5.64. The van der Waals surface area contributed by atoms with Gasteiger partial charge in [-0.25, -0.2) is 4.98 Å². The van der Waals surface area contributed by atoms with E-state index in [2.05, 4.69) is 0 Å². The third kappa shape index (κ3) is 2.81. The van der Waals surface area contributed by atoms with Crippen LogP contribution in [0, 0.1) is 13.8 Å². The fraction of sp³-hybridized carbons (Fsp3) is 0.381. The summed E-state index contributed by atoms with van der Waals surface area (Å²) >= 11 is 0. The molecule has 27 heavy (non-hydrogen) atoms. The van der Waals surface area contributed by atoms with Gasteiger partial charge in [-0.05, 0) is 19.4 Å². The van der Waals surface area contributed by atoms with E-state index in [9.17, 15) is 5.11 Å². The molecule has 1 aliphatic heterocycles. The number of aryl methyl sites for hydroxylation is 2. The maximum Gasteiger partial charge on any atom is 0.180 e. The molecule has 0 unspecified atom stereocenters. The molecule has 0 amide bonds. The molecule has 0 fully saturated rings. The molecule has 4 rings (SSSR count). The van der Waals surface area contributed by atoms with Crippen LogP contribution in [0.2, 0.25) is 0 Å². The maximum atomic E-state index is 11.0. The standard InChI is InChI=1S/C21H24N2O4/c1-12-13(2)23-10-15(11-25-3)16-19(26-4)17(24)18(14-8-6-5-7-9-14)27-20(16)21(23)22-12/h5-10,17-19,24H,11H2,1-4H3/t17-,18-,19-/m1/s1. The largest absolute Gasteiger partial charge is 0.479 e. The summed E-state index contributed by atoms with van der Waals surface area (Å²) in [5.41, 5.74) is 5.33. The Morgan fingerprint density at radius 1 is 1.19 bits per heavy atom. The SMILES string of the molecule is COCc1cn2c(C)c(C)nc2c2c1[C@@H](OC)[C@H](O)[C@@H](c1ccccc1)O2. The summed E-state index contributed by atoms with van der Waals surface area (Å²) in [6.45, 7) is 4.39. The lowest BCUT2D eigenvalue weighted by Crippen LogP contribution is -2.36. The lowest BCUT2D eigenvalue weighted by molar-refractivity contribution is -0.0874. The number of benzene rings is 1. The van der Waals surface area contributed by atoms with Gasteiger partial charge in [-0.3, -0.25) is 0 Å². The molecule has 6 heteroatoms. The number of imidazole rings is 1. The van der Waals surface area contributed by atoms with Gasteiger partial charge in [0.05, 0.1) is 12.3 Å². The van der Waals surface area contributed by atoms with Gasteiger partial charge in [0.2, 0.25) is 0 Å². The van der Waals surface area contributed by atoms with Crippen molar-refractivity contribution in [1.29, 1.82) is 0 Å². The Balaban J connectivity index is 1.97. The fourth-order valence-corrected chi connectivity index (χ4v) is 3.83. The molecule has 0 saturated heterocycles. The smallest absolute Gasteiger partial charge is 0.180 e. The molecule has 3 atom stereocenters. The third-order valence-corrected chi connectivity index (χ3v) is 5.30. The van der Waals surface area contributed by atoms with Crippen molar-refractivity contribution in [2.24, 2.45) is 0 Å². The van der Waals surface area contributed by atoms with Crippen molar-refractivity contribution in [2.45, 2.75) is 38.8 Å². The number of ether oxygens (including phenoxy) is 3. The van der Waals surface area contributed by atoms with Crippen LogP contribution >= 0.6 is 0 Å². The van der Waals surface area contributed by atoms with Crippen LogP contribution in [0.1, 0.15) is 40.3 Å². The van der Waals surface area contributed by atoms with Crippen molar-refractivity contribution in [3.8, 4) is 5.75 Å². The zero-order valence-electron chi connectivity index (χ0n) is 16.0. The number of rotatable bonds is 4. The van der Waals surface area contributed by atoms with Crippen molar-refractivity contribution >= 4 is 5.65 Å². The number of aromatic nitrogens is 2. The predicted molar refractivity (Wildman–Crippen MR) is 101 cm³/mol. The van der Waals surface area contributed by atoms with Crippen molar-refractivity contribution < 1.29 is 19.3 Å². The molecule has 0 bridgehead atoms. The van der Waals surface area contributed by atoms with Crippen molar-refractivity contribution in [3.05, 3.63) is 64.6 Å². The number of aliphatic hydroxyl groups excluding tert-OH is 1. The van der Waals surface area contributed by atoms with Crippen molar-refractivity contribution in [2.75, 3.05) is 14.2 Å². The number of hydrogen-bond acceptors (Lipinski definition) is 5. The molecule has 2 aromatic heterocycles. The predicted octanol–water partition coefficient (Wildman–Crippen LogP) is 3.28. The molecule has 1 aliphatic rings. The van der Waals surface area contributed by atoms with Crippen LogP contribution in [-0.2, 0) is 16.1 Å². The Morgan fingerprint density at radius 2 is 1.93 bits per heavy atom. The average Bonchev–Trinajstić information content (AvgIpc) is 2.97. The van der Waals surface area contributed by atoms with Crippen LogP contribution in [0.4, 0.5) is 0 Å². The summed E-state index contributed by atoms with van der Waals surface area (Å²) < 4.78 is 19.5. The summed E-state index contributed by atoms with van der Waals surface area (Å²) in [6, 6.07) is 9.71. The minimum absolute atomic E-state index is 0.390. The quantitative estimate of drug-likeness (QED) is 0.766. The first-order chi connectivity index (χ1) is 13.1. The van der Waals surface area contributed by atoms with E-state index in [1.54, 1.807) is 14.2 Å². The molecule has 1 aromatic carbocycles. The highest BCUT2D eigenvalue weighted by atomic mass is 16.5. The van der Waals surface area contributed by atoms with E-state index in [1.807, 2.05) is 54.8 Å². The summed E-state index contributed by atoms with van der Waals surface area (Å²) in [5, 5.41) is 11.0. The maximum absolute atomic E-state index is 11.0. The number of aliphatic hydroxyl groups is 1. The Bertz CT molecular complexity index is 967. The molecule has 0 saturated carbocycles. The molecule has 3 heterocycles. The lowest BCUT2D eigenvalue weighted by atomic mass is 9.90. The molecular weight excluding hydrogens is 344 g/mol. The topological polar surface area (TPSA) is 65.2 Å². The van der Waals surface area contributed by atoms with Crippen molar-refractivity contribution in [3.63, 3.8) is 0 Å². The second-order valence-electron chi connectivity index (χ2n) is 6.90. The van der Waals surface area contributed by atoms with E-state index >= 15 is 0 Å². The van der Waals surface area contributed by atoms with E-state index in [4.69, 9.17) is 19.2 Å². The van der Waals surface area contributed by atoms with Gasteiger partial charge in [0, 0.05) is 37.2 Å². The lowest BCUT2D eigenvalue weighted by Gasteiger charge is -2.37. The molecule has 6 nitrogen and oxygen atoms in total.